The Balaban J connectivity index is 1.75. The highest BCUT2D eigenvalue weighted by atomic mass is 16.6. The van der Waals surface area contributed by atoms with Crippen molar-refractivity contribution in [1.82, 2.24) is 4.57 Å². The van der Waals surface area contributed by atoms with Crippen LogP contribution in [0.15, 0.2) is 60.7 Å². The number of esters is 1. The third-order valence-corrected chi connectivity index (χ3v) is 4.38. The fraction of sp³-hybridized carbons (Fsp3) is 0.143. The molecule has 0 N–H and O–H groups in total. The lowest BCUT2D eigenvalue weighted by atomic mass is 10.1. The van der Waals surface area contributed by atoms with Gasteiger partial charge in [0.05, 0.1) is 10.5 Å². The van der Waals surface area contributed by atoms with Gasteiger partial charge in [-0.25, -0.2) is 4.79 Å². The molecule has 142 valence electrons. The van der Waals surface area contributed by atoms with E-state index in [9.17, 15) is 19.7 Å². The van der Waals surface area contributed by atoms with Gasteiger partial charge in [0.25, 0.3) is 5.69 Å². The number of ketones is 1. The minimum atomic E-state index is -0.617. The van der Waals surface area contributed by atoms with E-state index in [0.717, 1.165) is 17.4 Å². The van der Waals surface area contributed by atoms with Crippen LogP contribution in [0, 0.1) is 24.0 Å². The number of benzene rings is 2. The molecule has 0 unspecified atom stereocenters. The van der Waals surface area contributed by atoms with Crippen molar-refractivity contribution in [2.75, 3.05) is 6.61 Å². The first-order valence-electron chi connectivity index (χ1n) is 8.57. The van der Waals surface area contributed by atoms with Crippen molar-refractivity contribution < 1.29 is 19.2 Å². The van der Waals surface area contributed by atoms with Crippen LogP contribution in [-0.2, 0) is 4.74 Å². The summed E-state index contributed by atoms with van der Waals surface area (Å²) in [6.45, 7) is 3.19. The first-order valence-corrected chi connectivity index (χ1v) is 8.57. The van der Waals surface area contributed by atoms with Gasteiger partial charge in [0, 0.05) is 34.8 Å². The van der Waals surface area contributed by atoms with Crippen LogP contribution >= 0.6 is 0 Å². The second-order valence-corrected chi connectivity index (χ2v) is 6.26. The average Bonchev–Trinajstić information content (AvgIpc) is 3.00. The van der Waals surface area contributed by atoms with E-state index in [-0.39, 0.29) is 11.3 Å². The molecule has 2 aromatic carbocycles. The van der Waals surface area contributed by atoms with Gasteiger partial charge in [0.1, 0.15) is 0 Å². The quantitative estimate of drug-likeness (QED) is 0.279. The van der Waals surface area contributed by atoms with Crippen molar-refractivity contribution in [2.45, 2.75) is 13.8 Å². The topological polar surface area (TPSA) is 91.4 Å². The van der Waals surface area contributed by atoms with Crippen molar-refractivity contribution in [1.29, 1.82) is 0 Å². The second-order valence-electron chi connectivity index (χ2n) is 6.26. The normalized spacial score (nSPS) is 10.5. The number of hydrogen-bond acceptors (Lipinski definition) is 5. The van der Waals surface area contributed by atoms with E-state index in [2.05, 4.69) is 0 Å². The van der Waals surface area contributed by atoms with Gasteiger partial charge in [-0.2, -0.15) is 0 Å². The Kier molecular flexibility index (Phi) is 5.35. The molecule has 0 atom stereocenters. The van der Waals surface area contributed by atoms with Gasteiger partial charge >= 0.3 is 5.97 Å². The number of nitro benzene ring substituents is 1. The second kappa shape index (κ2) is 7.87. The van der Waals surface area contributed by atoms with Crippen LogP contribution in [0.5, 0.6) is 0 Å². The molecule has 0 bridgehead atoms. The molecule has 0 aliphatic rings. The van der Waals surface area contributed by atoms with Crippen LogP contribution in [0.1, 0.15) is 32.1 Å². The number of rotatable bonds is 6. The lowest BCUT2D eigenvalue weighted by molar-refractivity contribution is -0.384. The lowest BCUT2D eigenvalue weighted by Crippen LogP contribution is -2.15. The van der Waals surface area contributed by atoms with E-state index >= 15 is 0 Å². The summed E-state index contributed by atoms with van der Waals surface area (Å²) in [5.41, 5.74) is 2.79. The molecule has 1 aromatic heterocycles. The molecule has 3 aromatic rings. The number of nitrogens with zero attached hydrogens (tertiary/aromatic N) is 2. The van der Waals surface area contributed by atoms with Crippen LogP contribution in [0.4, 0.5) is 5.69 Å². The molecule has 0 aliphatic carbocycles. The van der Waals surface area contributed by atoms with Crippen molar-refractivity contribution in [3.05, 3.63) is 93.3 Å². The summed E-state index contributed by atoms with van der Waals surface area (Å²) < 4.78 is 7.09. The largest absolute Gasteiger partial charge is 0.454 e. The summed E-state index contributed by atoms with van der Waals surface area (Å²) in [4.78, 5) is 34.9. The standard InChI is InChI=1S/C21H18N2O5/c1-14-11-19(15(2)22(14)17-8-4-3-5-9-17)21(25)28-13-20(24)16-7-6-10-18(12-16)23(26)27/h3-12H,13H2,1-2H3. The van der Waals surface area contributed by atoms with E-state index in [1.54, 1.807) is 13.0 Å². The fourth-order valence-corrected chi connectivity index (χ4v) is 3.03. The molecule has 0 fully saturated rings. The lowest BCUT2D eigenvalue weighted by Gasteiger charge is -2.09. The number of aryl methyl sites for hydroxylation is 1. The number of carbonyl (C=O) groups excluding carboxylic acids is 2. The highest BCUT2D eigenvalue weighted by Gasteiger charge is 2.20. The summed E-state index contributed by atoms with van der Waals surface area (Å²) in [7, 11) is 0. The highest BCUT2D eigenvalue weighted by Crippen LogP contribution is 2.21. The predicted molar refractivity (Wildman–Crippen MR) is 103 cm³/mol. The average molecular weight is 378 g/mol. The molecule has 0 saturated heterocycles. The van der Waals surface area contributed by atoms with Gasteiger partial charge in [0.15, 0.2) is 6.61 Å². The number of hydrogen-bond donors (Lipinski definition) is 0. The Bertz CT molecular complexity index is 1050. The third-order valence-electron chi connectivity index (χ3n) is 4.38. The summed E-state index contributed by atoms with van der Waals surface area (Å²) in [5, 5.41) is 10.8. The smallest absolute Gasteiger partial charge is 0.340 e. The minimum absolute atomic E-state index is 0.122. The highest BCUT2D eigenvalue weighted by molar-refractivity contribution is 6.00. The van der Waals surface area contributed by atoms with Gasteiger partial charge in [-0.3, -0.25) is 14.9 Å². The predicted octanol–water partition coefficient (Wildman–Crippen LogP) is 4.04. The summed E-state index contributed by atoms with van der Waals surface area (Å²) in [6, 6.07) is 16.6. The van der Waals surface area contributed by atoms with Gasteiger partial charge in [-0.15, -0.1) is 0 Å². The zero-order valence-electron chi connectivity index (χ0n) is 15.4. The fourth-order valence-electron chi connectivity index (χ4n) is 3.03. The van der Waals surface area contributed by atoms with E-state index in [4.69, 9.17) is 4.74 Å². The van der Waals surface area contributed by atoms with Crippen molar-refractivity contribution in [3.8, 4) is 5.69 Å². The first kappa shape index (κ1) is 19.0. The number of carbonyl (C=O) groups is 2. The molecular formula is C21H18N2O5. The van der Waals surface area contributed by atoms with Crippen LogP contribution < -0.4 is 0 Å². The number of aromatic nitrogens is 1. The minimum Gasteiger partial charge on any atom is -0.454 e. The third kappa shape index (κ3) is 3.83. The molecule has 0 aliphatic heterocycles. The van der Waals surface area contributed by atoms with Crippen molar-refractivity contribution in [2.24, 2.45) is 0 Å². The zero-order chi connectivity index (χ0) is 20.3. The number of non-ortho nitro benzene ring substituents is 1. The van der Waals surface area contributed by atoms with E-state index < -0.39 is 23.3 Å². The molecule has 3 rings (SSSR count). The molecule has 7 heteroatoms. The monoisotopic (exact) mass is 378 g/mol. The maximum atomic E-state index is 12.5. The van der Waals surface area contributed by atoms with E-state index in [1.165, 1.54) is 18.2 Å². The van der Waals surface area contributed by atoms with Crippen LogP contribution in [0.2, 0.25) is 0 Å². The SMILES string of the molecule is Cc1cc(C(=O)OCC(=O)c2cccc([N+](=O)[O-])c2)c(C)n1-c1ccccc1. The van der Waals surface area contributed by atoms with Gasteiger partial charge < -0.3 is 9.30 Å². The van der Waals surface area contributed by atoms with Gasteiger partial charge in [-0.1, -0.05) is 30.3 Å². The summed E-state index contributed by atoms with van der Waals surface area (Å²) >= 11 is 0. The molecule has 0 saturated carbocycles. The van der Waals surface area contributed by atoms with Gasteiger partial charge in [0.2, 0.25) is 5.78 Å². The van der Waals surface area contributed by atoms with Crippen molar-refractivity contribution in [3.63, 3.8) is 0 Å². The Morgan fingerprint density at radius 1 is 1.04 bits per heavy atom. The molecule has 0 radical (unpaired) electrons. The number of ether oxygens (including phenoxy) is 1. The van der Waals surface area contributed by atoms with Crippen molar-refractivity contribution >= 4 is 17.4 Å². The molecule has 7 nitrogen and oxygen atoms in total. The van der Waals surface area contributed by atoms with E-state index in [0.29, 0.717) is 11.3 Å². The number of nitro groups is 1. The Labute approximate surface area is 161 Å². The van der Waals surface area contributed by atoms with Crippen LogP contribution in [0.25, 0.3) is 5.69 Å². The maximum Gasteiger partial charge on any atom is 0.340 e. The zero-order valence-corrected chi connectivity index (χ0v) is 15.4. The maximum absolute atomic E-state index is 12.5. The number of Topliss-reactive ketones (excluding diaryl/α,β-unsaturated/α-hetero) is 1. The Morgan fingerprint density at radius 2 is 1.75 bits per heavy atom. The molecule has 1 heterocycles. The summed E-state index contributed by atoms with van der Waals surface area (Å²) in [6.07, 6.45) is 0. The van der Waals surface area contributed by atoms with Gasteiger partial charge in [-0.05, 0) is 32.0 Å². The van der Waals surface area contributed by atoms with Crippen LogP contribution in [0.3, 0.4) is 0 Å². The molecule has 0 amide bonds. The van der Waals surface area contributed by atoms with Crippen LogP contribution in [-0.4, -0.2) is 27.8 Å². The molecule has 28 heavy (non-hydrogen) atoms. The Morgan fingerprint density at radius 3 is 2.43 bits per heavy atom. The molecule has 0 spiro atoms. The molecular weight excluding hydrogens is 360 g/mol. The number of para-hydroxylation sites is 1. The van der Waals surface area contributed by atoms with E-state index in [1.807, 2.05) is 41.8 Å². The Hall–Kier alpha value is -3.74. The first-order chi connectivity index (χ1) is 13.4. The summed E-state index contributed by atoms with van der Waals surface area (Å²) in [5.74, 6) is -1.12.